The van der Waals surface area contributed by atoms with Gasteiger partial charge in [0, 0.05) is 10.9 Å². The van der Waals surface area contributed by atoms with Crippen molar-refractivity contribution in [1.29, 1.82) is 0 Å². The fourth-order valence-corrected chi connectivity index (χ4v) is 2.81. The molecule has 0 atom stereocenters. The topological polar surface area (TPSA) is 84.9 Å². The van der Waals surface area contributed by atoms with Crippen molar-refractivity contribution in [3.8, 4) is 11.5 Å². The Morgan fingerprint density at radius 2 is 1.86 bits per heavy atom. The van der Waals surface area contributed by atoms with E-state index in [4.69, 9.17) is 9.47 Å². The van der Waals surface area contributed by atoms with E-state index in [9.17, 15) is 14.4 Å². The summed E-state index contributed by atoms with van der Waals surface area (Å²) >= 11 is 3.33. The van der Waals surface area contributed by atoms with Crippen molar-refractivity contribution in [2.75, 3.05) is 12.1 Å². The van der Waals surface area contributed by atoms with E-state index in [-0.39, 0.29) is 23.7 Å². The number of benzene rings is 2. The van der Waals surface area contributed by atoms with Gasteiger partial charge in [0.2, 0.25) is 0 Å². The molecule has 2 amide bonds. The van der Waals surface area contributed by atoms with Crippen molar-refractivity contribution in [1.82, 2.24) is 5.43 Å². The predicted octanol–water partition coefficient (Wildman–Crippen LogP) is 3.23. The molecule has 2 aromatic rings. The Morgan fingerprint density at radius 3 is 2.50 bits per heavy atom. The first kappa shape index (κ1) is 19.6. The Bertz CT molecular complexity index is 969. The Labute approximate surface area is 170 Å². The zero-order valence-corrected chi connectivity index (χ0v) is 16.8. The van der Waals surface area contributed by atoms with Gasteiger partial charge >= 0.3 is 5.97 Å². The maximum Gasteiger partial charge on any atom is 0.311 e. The van der Waals surface area contributed by atoms with Crippen LogP contribution < -0.4 is 19.9 Å². The molecule has 0 saturated carbocycles. The van der Waals surface area contributed by atoms with Gasteiger partial charge in [-0.15, -0.1) is 0 Å². The Balaban J connectivity index is 1.88. The number of nitrogens with one attached hydrogen (secondary N) is 1. The van der Waals surface area contributed by atoms with Crippen LogP contribution in [-0.2, 0) is 14.4 Å². The zero-order valence-electron chi connectivity index (χ0n) is 15.2. The van der Waals surface area contributed by atoms with Gasteiger partial charge in [0.15, 0.2) is 11.5 Å². The average molecular weight is 445 g/mol. The molecule has 28 heavy (non-hydrogen) atoms. The molecule has 2 aromatic carbocycles. The molecule has 0 spiro atoms. The molecule has 0 radical (unpaired) electrons. The molecule has 1 heterocycles. The Morgan fingerprint density at radius 1 is 1.14 bits per heavy atom. The molecule has 1 aliphatic rings. The number of carbonyl (C=O) groups is 3. The third-order valence-corrected chi connectivity index (χ3v) is 4.52. The number of esters is 1. The molecule has 1 N–H and O–H groups in total. The minimum atomic E-state index is -0.506. The van der Waals surface area contributed by atoms with Gasteiger partial charge in [0.05, 0.1) is 12.8 Å². The number of nitrogens with zero attached hydrogens (tertiary/aromatic N) is 1. The van der Waals surface area contributed by atoms with Crippen LogP contribution in [0.25, 0.3) is 6.08 Å². The van der Waals surface area contributed by atoms with E-state index in [1.165, 1.54) is 18.2 Å². The number of amides is 2. The SMILES string of the molecule is CCC(=O)Oc1ccc(C=C2C(=O)NN(c3ccc(Br)cc3)C2=O)cc1OC. The highest BCUT2D eigenvalue weighted by Crippen LogP contribution is 2.30. The lowest BCUT2D eigenvalue weighted by Gasteiger charge is -2.14. The Hall–Kier alpha value is -3.13. The molecule has 0 aliphatic carbocycles. The summed E-state index contributed by atoms with van der Waals surface area (Å²) in [5.41, 5.74) is 3.64. The van der Waals surface area contributed by atoms with Crippen molar-refractivity contribution in [3.05, 3.63) is 58.1 Å². The second-order valence-corrected chi connectivity index (χ2v) is 6.77. The van der Waals surface area contributed by atoms with Gasteiger partial charge in [-0.2, -0.15) is 0 Å². The van der Waals surface area contributed by atoms with Crippen LogP contribution in [0.3, 0.4) is 0 Å². The molecule has 3 rings (SSSR count). The molecule has 144 valence electrons. The van der Waals surface area contributed by atoms with Crippen LogP contribution in [0.1, 0.15) is 18.9 Å². The predicted molar refractivity (Wildman–Crippen MR) is 107 cm³/mol. The summed E-state index contributed by atoms with van der Waals surface area (Å²) in [5, 5.41) is 1.19. The molecular formula is C20H17BrN2O5. The van der Waals surface area contributed by atoms with Gasteiger partial charge in [-0.1, -0.05) is 28.9 Å². The molecule has 7 nitrogen and oxygen atoms in total. The van der Waals surface area contributed by atoms with Crippen molar-refractivity contribution in [3.63, 3.8) is 0 Å². The minimum absolute atomic E-state index is 0.0109. The summed E-state index contributed by atoms with van der Waals surface area (Å²) < 4.78 is 11.3. The van der Waals surface area contributed by atoms with E-state index in [2.05, 4.69) is 21.4 Å². The normalized spacial score (nSPS) is 15.0. The summed E-state index contributed by atoms with van der Waals surface area (Å²) in [5.74, 6) is -0.761. The number of hydrazine groups is 1. The quantitative estimate of drug-likeness (QED) is 0.331. The van der Waals surface area contributed by atoms with Crippen molar-refractivity contribution >= 4 is 45.5 Å². The molecule has 8 heteroatoms. The summed E-state index contributed by atoms with van der Waals surface area (Å²) in [6.07, 6.45) is 1.69. The number of anilines is 1. The molecule has 1 fully saturated rings. The first-order chi connectivity index (χ1) is 13.4. The van der Waals surface area contributed by atoms with Crippen LogP contribution in [-0.4, -0.2) is 24.9 Å². The third-order valence-electron chi connectivity index (χ3n) is 3.99. The van der Waals surface area contributed by atoms with Crippen LogP contribution in [0.2, 0.25) is 0 Å². The first-order valence-electron chi connectivity index (χ1n) is 8.44. The van der Waals surface area contributed by atoms with Crippen LogP contribution in [0.15, 0.2) is 52.5 Å². The third kappa shape index (κ3) is 4.07. The van der Waals surface area contributed by atoms with Gasteiger partial charge < -0.3 is 9.47 Å². The average Bonchev–Trinajstić information content (AvgIpc) is 2.97. The van der Waals surface area contributed by atoms with Crippen LogP contribution in [0, 0.1) is 0 Å². The second kappa shape index (κ2) is 8.26. The van der Waals surface area contributed by atoms with Crippen molar-refractivity contribution in [2.45, 2.75) is 13.3 Å². The summed E-state index contributed by atoms with van der Waals surface area (Å²) in [7, 11) is 1.44. The van der Waals surface area contributed by atoms with Gasteiger partial charge in [-0.3, -0.25) is 19.8 Å². The number of carbonyl (C=O) groups excluding carboxylic acids is 3. The first-order valence-corrected chi connectivity index (χ1v) is 9.23. The minimum Gasteiger partial charge on any atom is -0.493 e. The smallest absolute Gasteiger partial charge is 0.311 e. The molecule has 0 bridgehead atoms. The van der Waals surface area contributed by atoms with E-state index in [0.29, 0.717) is 17.0 Å². The lowest BCUT2D eigenvalue weighted by molar-refractivity contribution is -0.134. The highest BCUT2D eigenvalue weighted by atomic mass is 79.9. The molecule has 1 aliphatic heterocycles. The number of ether oxygens (including phenoxy) is 2. The highest BCUT2D eigenvalue weighted by Gasteiger charge is 2.34. The number of hydrogen-bond acceptors (Lipinski definition) is 5. The standard InChI is InChI=1S/C20H17BrN2O5/c1-3-18(24)28-16-9-4-12(11-17(16)27-2)10-15-19(25)22-23(20(15)26)14-7-5-13(21)6-8-14/h4-11H,3H2,1-2H3,(H,22,25). The summed E-state index contributed by atoms with van der Waals surface area (Å²) in [6.45, 7) is 1.69. The monoisotopic (exact) mass is 444 g/mol. The van der Waals surface area contributed by atoms with E-state index in [1.54, 1.807) is 49.4 Å². The van der Waals surface area contributed by atoms with Gasteiger partial charge in [-0.25, -0.2) is 5.01 Å². The van der Waals surface area contributed by atoms with Gasteiger partial charge in [0.25, 0.3) is 11.8 Å². The number of methoxy groups -OCH3 is 1. The molecular weight excluding hydrogens is 428 g/mol. The maximum absolute atomic E-state index is 12.7. The van der Waals surface area contributed by atoms with Crippen LogP contribution in [0.4, 0.5) is 5.69 Å². The highest BCUT2D eigenvalue weighted by molar-refractivity contribution is 9.10. The van der Waals surface area contributed by atoms with Crippen LogP contribution in [0.5, 0.6) is 11.5 Å². The Kier molecular flexibility index (Phi) is 5.79. The number of hydrogen-bond donors (Lipinski definition) is 1. The van der Waals surface area contributed by atoms with Gasteiger partial charge in [-0.05, 0) is 48.0 Å². The largest absolute Gasteiger partial charge is 0.493 e. The molecule has 1 saturated heterocycles. The zero-order chi connectivity index (χ0) is 20.3. The van der Waals surface area contributed by atoms with Crippen LogP contribution >= 0.6 is 15.9 Å². The van der Waals surface area contributed by atoms with E-state index < -0.39 is 11.8 Å². The maximum atomic E-state index is 12.7. The lowest BCUT2D eigenvalue weighted by Crippen LogP contribution is -2.35. The number of rotatable bonds is 5. The van der Waals surface area contributed by atoms with Crippen molar-refractivity contribution in [2.24, 2.45) is 0 Å². The summed E-state index contributed by atoms with van der Waals surface area (Å²) in [4.78, 5) is 36.5. The fourth-order valence-electron chi connectivity index (χ4n) is 2.55. The number of halogens is 1. The van der Waals surface area contributed by atoms with Gasteiger partial charge in [0.1, 0.15) is 5.57 Å². The lowest BCUT2D eigenvalue weighted by atomic mass is 10.1. The summed E-state index contributed by atoms with van der Waals surface area (Å²) in [6, 6.07) is 11.8. The van der Waals surface area contributed by atoms with Crippen molar-refractivity contribution < 1.29 is 23.9 Å². The van der Waals surface area contributed by atoms with E-state index >= 15 is 0 Å². The second-order valence-electron chi connectivity index (χ2n) is 5.85. The fraction of sp³-hybridized carbons (Fsp3) is 0.150. The van der Waals surface area contributed by atoms with E-state index in [1.807, 2.05) is 0 Å². The van der Waals surface area contributed by atoms with E-state index in [0.717, 1.165) is 4.47 Å². The molecule has 0 aromatic heterocycles. The molecule has 0 unspecified atom stereocenters.